The van der Waals surface area contributed by atoms with Crippen LogP contribution in [0.15, 0.2) is 0 Å². The van der Waals surface area contributed by atoms with Crippen LogP contribution >= 0.6 is 0 Å². The zero-order valence-electron chi connectivity index (χ0n) is 21.6. The van der Waals surface area contributed by atoms with E-state index < -0.39 is 16.1 Å². The maximum atomic E-state index is 13.4. The van der Waals surface area contributed by atoms with Crippen LogP contribution in [0.4, 0.5) is 0 Å². The first-order valence-electron chi connectivity index (χ1n) is 11.8. The van der Waals surface area contributed by atoms with Crippen molar-refractivity contribution in [2.45, 2.75) is 128 Å². The summed E-state index contributed by atoms with van der Waals surface area (Å²) in [4.78, 5) is 36.8. The fourth-order valence-electron chi connectivity index (χ4n) is 5.79. The molecule has 0 saturated heterocycles. The van der Waals surface area contributed by atoms with E-state index in [0.29, 0.717) is 36.5 Å². The van der Waals surface area contributed by atoms with Gasteiger partial charge in [0.2, 0.25) is 0 Å². The number of aldehydes is 2. The minimum Gasteiger partial charge on any atom is -0.303 e. The molecule has 0 aromatic carbocycles. The van der Waals surface area contributed by atoms with E-state index in [4.69, 9.17) is 0 Å². The Labute approximate surface area is 188 Å². The predicted octanol–water partition coefficient (Wildman–Crippen LogP) is 7.30. The molecule has 0 amide bonds. The molecule has 30 heavy (non-hydrogen) atoms. The first-order chi connectivity index (χ1) is 13.4. The van der Waals surface area contributed by atoms with Crippen LogP contribution in [0.25, 0.3) is 0 Å². The molecule has 1 unspecified atom stereocenters. The lowest BCUT2D eigenvalue weighted by molar-refractivity contribution is -0.138. The van der Waals surface area contributed by atoms with Crippen LogP contribution in [0.1, 0.15) is 80.6 Å². The van der Waals surface area contributed by atoms with Gasteiger partial charge in [0.1, 0.15) is 18.4 Å². The van der Waals surface area contributed by atoms with E-state index >= 15 is 0 Å². The molecule has 5 heteroatoms. The number of ketones is 1. The van der Waals surface area contributed by atoms with Gasteiger partial charge >= 0.3 is 0 Å². The molecule has 0 aromatic heterocycles. The lowest BCUT2D eigenvalue weighted by Crippen LogP contribution is -2.59. The first-order valence-corrected chi connectivity index (χ1v) is 18.0. The van der Waals surface area contributed by atoms with E-state index in [1.54, 1.807) is 0 Å². The van der Waals surface area contributed by atoms with Gasteiger partial charge in [-0.05, 0) is 39.9 Å². The van der Waals surface area contributed by atoms with Gasteiger partial charge in [0.05, 0.1) is 16.1 Å². The van der Waals surface area contributed by atoms with Crippen molar-refractivity contribution in [2.24, 2.45) is 11.3 Å². The molecule has 1 rings (SSSR count). The van der Waals surface area contributed by atoms with E-state index in [2.05, 4.69) is 67.7 Å². The molecule has 0 aliphatic heterocycles. The lowest BCUT2D eigenvalue weighted by atomic mass is 9.55. The Morgan fingerprint density at radius 2 is 1.33 bits per heavy atom. The number of hydrogen-bond acceptors (Lipinski definition) is 3. The molecular formula is C25H48O3Si2. The van der Waals surface area contributed by atoms with Crippen molar-refractivity contribution in [3.63, 3.8) is 0 Å². The third-order valence-corrected chi connectivity index (χ3v) is 22.5. The minimum atomic E-state index is -1.92. The van der Waals surface area contributed by atoms with E-state index in [-0.39, 0.29) is 21.0 Å². The maximum Gasteiger partial charge on any atom is 0.138 e. The number of Topliss-reactive ketones (excluding diaryl/α,β-unsaturated/α-hetero) is 1. The molecule has 1 saturated carbocycles. The molecule has 3 nitrogen and oxygen atoms in total. The summed E-state index contributed by atoms with van der Waals surface area (Å²) in [5.41, 5.74) is 0.193. The molecule has 0 radical (unpaired) electrons. The highest BCUT2D eigenvalue weighted by molar-refractivity contribution is 6.82. The number of carbonyl (C=O) groups excluding carboxylic acids is 3. The Bertz CT molecular complexity index is 632. The molecule has 1 aliphatic carbocycles. The van der Waals surface area contributed by atoms with Crippen LogP contribution in [0.5, 0.6) is 0 Å². The Kier molecular flexibility index (Phi) is 8.36. The summed E-state index contributed by atoms with van der Waals surface area (Å²) in [7, 11) is -3.65. The Hall–Kier alpha value is -0.556. The van der Waals surface area contributed by atoms with Crippen molar-refractivity contribution in [2.75, 3.05) is 0 Å². The second kappa shape index (κ2) is 9.13. The molecule has 0 bridgehead atoms. The van der Waals surface area contributed by atoms with Gasteiger partial charge in [-0.3, -0.25) is 4.79 Å². The molecule has 0 N–H and O–H groups in total. The lowest BCUT2D eigenvalue weighted by Gasteiger charge is -2.61. The average molecular weight is 453 g/mol. The molecule has 2 atom stereocenters. The predicted molar refractivity (Wildman–Crippen MR) is 134 cm³/mol. The van der Waals surface area contributed by atoms with Crippen molar-refractivity contribution in [1.82, 2.24) is 0 Å². The molecular weight excluding hydrogens is 404 g/mol. The van der Waals surface area contributed by atoms with Crippen LogP contribution < -0.4 is 0 Å². The van der Waals surface area contributed by atoms with Crippen LogP contribution in [-0.4, -0.2) is 34.5 Å². The summed E-state index contributed by atoms with van der Waals surface area (Å²) < 4.78 is 0. The largest absolute Gasteiger partial charge is 0.303 e. The van der Waals surface area contributed by atoms with Crippen molar-refractivity contribution >= 4 is 34.5 Å². The van der Waals surface area contributed by atoms with E-state index in [9.17, 15) is 14.4 Å². The van der Waals surface area contributed by atoms with Crippen LogP contribution in [0, 0.1) is 11.3 Å². The van der Waals surface area contributed by atoms with Gasteiger partial charge in [-0.25, -0.2) is 0 Å². The van der Waals surface area contributed by atoms with Gasteiger partial charge < -0.3 is 9.59 Å². The van der Waals surface area contributed by atoms with Gasteiger partial charge in [-0.1, -0.05) is 74.7 Å². The van der Waals surface area contributed by atoms with Gasteiger partial charge in [-0.15, -0.1) is 0 Å². The zero-order valence-corrected chi connectivity index (χ0v) is 23.6. The van der Waals surface area contributed by atoms with Gasteiger partial charge in [-0.2, -0.15) is 0 Å². The number of rotatable bonds is 10. The fourth-order valence-corrected chi connectivity index (χ4v) is 12.5. The highest BCUT2D eigenvalue weighted by Crippen LogP contribution is 2.66. The van der Waals surface area contributed by atoms with Crippen LogP contribution in [0.2, 0.25) is 47.3 Å². The molecule has 1 fully saturated rings. The molecule has 1 aliphatic rings. The second-order valence-corrected chi connectivity index (χ2v) is 24.3. The van der Waals surface area contributed by atoms with Crippen molar-refractivity contribution in [3.8, 4) is 0 Å². The normalized spacial score (nSPS) is 25.2. The first kappa shape index (κ1) is 27.5. The molecule has 174 valence electrons. The number of hydrogen-bond donors (Lipinski definition) is 0. The third kappa shape index (κ3) is 4.77. The quantitative estimate of drug-likeness (QED) is 0.258. The highest BCUT2D eigenvalue weighted by atomic mass is 28.3. The van der Waals surface area contributed by atoms with Crippen LogP contribution in [0.3, 0.4) is 0 Å². The third-order valence-electron chi connectivity index (χ3n) is 9.71. The summed E-state index contributed by atoms with van der Waals surface area (Å²) in [5, 5.41) is 0.323. The molecule has 0 aromatic rings. The van der Waals surface area contributed by atoms with Crippen molar-refractivity contribution in [1.29, 1.82) is 0 Å². The highest BCUT2D eigenvalue weighted by Gasteiger charge is 2.62. The van der Waals surface area contributed by atoms with Gasteiger partial charge in [0, 0.05) is 24.7 Å². The summed E-state index contributed by atoms with van der Waals surface area (Å²) >= 11 is 0. The Morgan fingerprint density at radius 3 is 1.67 bits per heavy atom. The Morgan fingerprint density at radius 1 is 0.900 bits per heavy atom. The van der Waals surface area contributed by atoms with Crippen LogP contribution in [-0.2, 0) is 14.4 Å². The topological polar surface area (TPSA) is 51.2 Å². The van der Waals surface area contributed by atoms with Gasteiger partial charge in [0.15, 0.2) is 0 Å². The maximum absolute atomic E-state index is 13.4. The molecule has 0 spiro atoms. The number of carbonyl (C=O) groups is 3. The Balaban J connectivity index is 3.42. The smallest absolute Gasteiger partial charge is 0.138 e. The van der Waals surface area contributed by atoms with Crippen molar-refractivity contribution in [3.05, 3.63) is 0 Å². The summed E-state index contributed by atoms with van der Waals surface area (Å²) in [5.74, 6) is 0.765. The van der Waals surface area contributed by atoms with Gasteiger partial charge in [0.25, 0.3) is 0 Å². The summed E-state index contributed by atoms with van der Waals surface area (Å²) in [6.07, 6.45) is 5.54. The summed E-state index contributed by atoms with van der Waals surface area (Å²) in [6, 6.07) is 0. The van der Waals surface area contributed by atoms with E-state index in [1.807, 2.05) is 6.92 Å². The SMILES string of the molecule is CCC(=O)C1([C@H](CC=O)[Si](C)(C)C(C)(C)C)CC(C(CC=O)[Si](C)(C)C(C)(C)C)C1. The van der Waals surface area contributed by atoms with E-state index in [1.165, 1.54) is 0 Å². The average Bonchev–Trinajstić information content (AvgIpc) is 2.56. The fraction of sp³-hybridized carbons (Fsp3) is 0.880. The van der Waals surface area contributed by atoms with E-state index in [0.717, 1.165) is 25.4 Å². The second-order valence-electron chi connectivity index (χ2n) is 13.0. The molecule has 0 heterocycles. The standard InChI is InChI=1S/C25H48O3Si2/c1-12-21(28)25(22(14-16-27)30(10,11)24(5,6)7)17-19(18-25)20(13-15-26)29(8,9)23(2,3)4/h15-16,19-20,22H,12-14,17-18H2,1-11H3/t19?,20?,22-,25?/m0/s1. The monoisotopic (exact) mass is 452 g/mol. The zero-order chi connectivity index (χ0) is 23.8. The van der Waals surface area contributed by atoms with Crippen molar-refractivity contribution < 1.29 is 14.4 Å². The summed E-state index contributed by atoms with van der Waals surface area (Å²) in [6.45, 7) is 25.3. The minimum absolute atomic E-state index is 0.119.